The predicted molar refractivity (Wildman–Crippen MR) is 92.4 cm³/mol. The van der Waals surface area contributed by atoms with Gasteiger partial charge >= 0.3 is 12.1 Å². The topological polar surface area (TPSA) is 77.5 Å². The molecule has 1 fully saturated rings. The summed E-state index contributed by atoms with van der Waals surface area (Å²) in [6.45, 7) is 8.19. The number of carbonyl (C=O) groups excluding carboxylic acids is 2. The number of hydrogen-bond acceptors (Lipinski definition) is 6. The zero-order chi connectivity index (χ0) is 17.7. The summed E-state index contributed by atoms with van der Waals surface area (Å²) in [5.41, 5.74) is 1.61. The maximum absolute atomic E-state index is 12.0. The van der Waals surface area contributed by atoms with Crippen molar-refractivity contribution in [2.75, 3.05) is 13.2 Å². The number of esters is 1. The van der Waals surface area contributed by atoms with E-state index in [0.717, 1.165) is 24.1 Å². The van der Waals surface area contributed by atoms with Crippen molar-refractivity contribution in [3.05, 3.63) is 16.1 Å². The molecular weight excluding hydrogens is 328 g/mol. The first-order valence-corrected chi connectivity index (χ1v) is 9.27. The van der Waals surface area contributed by atoms with E-state index in [2.05, 4.69) is 10.3 Å². The van der Waals surface area contributed by atoms with E-state index in [4.69, 9.17) is 9.47 Å². The highest BCUT2D eigenvalue weighted by molar-refractivity contribution is 7.10. The summed E-state index contributed by atoms with van der Waals surface area (Å²) in [6, 6.07) is 0. The van der Waals surface area contributed by atoms with Crippen LogP contribution in [0, 0.1) is 5.92 Å². The maximum Gasteiger partial charge on any atom is 0.407 e. The molecule has 2 unspecified atom stereocenters. The second-order valence-electron chi connectivity index (χ2n) is 6.97. The summed E-state index contributed by atoms with van der Waals surface area (Å²) >= 11 is 1.49. The molecular formula is C17H26N2O4S. The van der Waals surface area contributed by atoms with E-state index in [9.17, 15) is 9.59 Å². The third kappa shape index (κ3) is 4.93. The van der Waals surface area contributed by atoms with Crippen LogP contribution in [0.15, 0.2) is 5.51 Å². The second kappa shape index (κ2) is 7.96. The fourth-order valence-corrected chi connectivity index (χ4v) is 4.03. The highest BCUT2D eigenvalue weighted by Gasteiger charge is 2.34. The molecule has 24 heavy (non-hydrogen) atoms. The Morgan fingerprint density at radius 2 is 2.12 bits per heavy atom. The molecule has 0 saturated heterocycles. The van der Waals surface area contributed by atoms with Gasteiger partial charge in [-0.15, -0.1) is 11.3 Å². The number of amides is 1. The van der Waals surface area contributed by atoms with Gasteiger partial charge in [-0.3, -0.25) is 0 Å². The molecule has 0 spiro atoms. The number of ether oxygens (including phenoxy) is 2. The average molecular weight is 354 g/mol. The number of nitrogens with one attached hydrogen (secondary N) is 1. The first-order valence-electron chi connectivity index (χ1n) is 8.39. The second-order valence-corrected chi connectivity index (χ2v) is 7.85. The third-order valence-corrected chi connectivity index (χ3v) is 4.93. The molecule has 0 aromatic carbocycles. The van der Waals surface area contributed by atoms with Crippen LogP contribution in [0.1, 0.15) is 68.2 Å². The fraction of sp³-hybridized carbons (Fsp3) is 0.706. The van der Waals surface area contributed by atoms with Gasteiger partial charge in [-0.25, -0.2) is 14.6 Å². The number of hydrogen-bond donors (Lipinski definition) is 1. The van der Waals surface area contributed by atoms with Gasteiger partial charge < -0.3 is 14.8 Å². The Hall–Kier alpha value is -1.63. The molecule has 1 saturated carbocycles. The molecule has 1 aromatic rings. The Kier molecular flexibility index (Phi) is 6.21. The molecule has 1 heterocycles. The Labute approximate surface area is 146 Å². The van der Waals surface area contributed by atoms with E-state index in [1.165, 1.54) is 11.3 Å². The molecule has 0 bridgehead atoms. The number of alkyl carbamates (subject to hydrolysis) is 1. The van der Waals surface area contributed by atoms with Crippen molar-refractivity contribution >= 4 is 23.4 Å². The smallest absolute Gasteiger partial charge is 0.407 e. The molecule has 0 aliphatic heterocycles. The minimum atomic E-state index is -0.506. The van der Waals surface area contributed by atoms with Crippen molar-refractivity contribution in [3.63, 3.8) is 0 Å². The quantitative estimate of drug-likeness (QED) is 0.815. The van der Waals surface area contributed by atoms with E-state index < -0.39 is 11.7 Å². The van der Waals surface area contributed by atoms with Gasteiger partial charge in [-0.05, 0) is 46.5 Å². The minimum Gasteiger partial charge on any atom is -0.461 e. The molecule has 1 aromatic heterocycles. The zero-order valence-electron chi connectivity index (χ0n) is 14.8. The molecule has 1 aliphatic carbocycles. The molecule has 1 N–H and O–H groups in total. The molecule has 7 heteroatoms. The first-order chi connectivity index (χ1) is 11.3. The van der Waals surface area contributed by atoms with Crippen LogP contribution in [0.5, 0.6) is 0 Å². The number of rotatable bonds is 5. The largest absolute Gasteiger partial charge is 0.461 e. The Balaban J connectivity index is 2.00. The lowest BCUT2D eigenvalue weighted by atomic mass is 9.93. The standard InChI is InChI=1S/C17H26N2O4S/c1-5-22-15(20)13-14(24-10-19-13)12-8-6-7-11(12)9-18-16(21)23-17(2,3)4/h10-12H,5-9H2,1-4H3,(H,18,21). The van der Waals surface area contributed by atoms with E-state index in [0.29, 0.717) is 18.8 Å². The SMILES string of the molecule is CCOC(=O)c1ncsc1C1CCCC1CNC(=O)OC(C)(C)C. The lowest BCUT2D eigenvalue weighted by Gasteiger charge is -2.23. The maximum atomic E-state index is 12.0. The van der Waals surface area contributed by atoms with Gasteiger partial charge in [0.05, 0.1) is 12.1 Å². The van der Waals surface area contributed by atoms with Crippen LogP contribution in [0.3, 0.4) is 0 Å². The average Bonchev–Trinajstić information content (AvgIpc) is 3.12. The Morgan fingerprint density at radius 1 is 1.38 bits per heavy atom. The number of carbonyl (C=O) groups is 2. The Bertz CT molecular complexity index is 579. The summed E-state index contributed by atoms with van der Waals surface area (Å²) in [4.78, 5) is 29.1. The molecule has 2 rings (SSSR count). The Morgan fingerprint density at radius 3 is 2.79 bits per heavy atom. The number of thiazole rings is 1. The van der Waals surface area contributed by atoms with E-state index in [1.54, 1.807) is 12.4 Å². The van der Waals surface area contributed by atoms with Gasteiger partial charge in [0.1, 0.15) is 5.60 Å². The summed E-state index contributed by atoms with van der Waals surface area (Å²) < 4.78 is 10.4. The van der Waals surface area contributed by atoms with Gasteiger partial charge in [0, 0.05) is 17.3 Å². The zero-order valence-corrected chi connectivity index (χ0v) is 15.6. The van der Waals surface area contributed by atoms with Crippen molar-refractivity contribution in [2.45, 2.75) is 58.5 Å². The van der Waals surface area contributed by atoms with Gasteiger partial charge in [0.2, 0.25) is 0 Å². The van der Waals surface area contributed by atoms with Gasteiger partial charge in [0.25, 0.3) is 0 Å². The predicted octanol–water partition coefficient (Wildman–Crippen LogP) is 3.73. The van der Waals surface area contributed by atoms with Gasteiger partial charge in [0.15, 0.2) is 5.69 Å². The van der Waals surface area contributed by atoms with Crippen LogP contribution in [-0.2, 0) is 9.47 Å². The molecule has 1 amide bonds. The van der Waals surface area contributed by atoms with E-state index in [1.807, 2.05) is 20.8 Å². The monoisotopic (exact) mass is 354 g/mol. The third-order valence-electron chi connectivity index (χ3n) is 3.97. The van der Waals surface area contributed by atoms with E-state index in [-0.39, 0.29) is 17.8 Å². The van der Waals surface area contributed by atoms with Crippen molar-refractivity contribution in [2.24, 2.45) is 5.92 Å². The highest BCUT2D eigenvalue weighted by Crippen LogP contribution is 2.42. The normalized spacial score (nSPS) is 20.7. The van der Waals surface area contributed by atoms with Crippen molar-refractivity contribution in [3.8, 4) is 0 Å². The lowest BCUT2D eigenvalue weighted by Crippen LogP contribution is -2.35. The van der Waals surface area contributed by atoms with Crippen molar-refractivity contribution in [1.29, 1.82) is 0 Å². The molecule has 2 atom stereocenters. The minimum absolute atomic E-state index is 0.229. The molecule has 1 aliphatic rings. The summed E-state index contributed by atoms with van der Waals surface area (Å²) in [6.07, 6.45) is 2.68. The van der Waals surface area contributed by atoms with Crippen molar-refractivity contribution < 1.29 is 19.1 Å². The summed E-state index contributed by atoms with van der Waals surface area (Å²) in [7, 11) is 0. The van der Waals surface area contributed by atoms with Crippen LogP contribution in [0.2, 0.25) is 0 Å². The summed E-state index contributed by atoms with van der Waals surface area (Å²) in [5, 5.41) is 2.85. The van der Waals surface area contributed by atoms with Crippen LogP contribution in [-0.4, -0.2) is 35.8 Å². The first kappa shape index (κ1) is 18.7. The van der Waals surface area contributed by atoms with Crippen LogP contribution in [0.4, 0.5) is 4.79 Å². The fourth-order valence-electron chi connectivity index (χ4n) is 3.03. The van der Waals surface area contributed by atoms with Crippen LogP contribution >= 0.6 is 11.3 Å². The lowest BCUT2D eigenvalue weighted by molar-refractivity contribution is 0.0503. The molecule has 6 nitrogen and oxygen atoms in total. The summed E-state index contributed by atoms with van der Waals surface area (Å²) in [5.74, 6) is 0.150. The number of nitrogens with zero attached hydrogens (tertiary/aromatic N) is 1. The van der Waals surface area contributed by atoms with Crippen LogP contribution < -0.4 is 5.32 Å². The van der Waals surface area contributed by atoms with Gasteiger partial charge in [-0.2, -0.15) is 0 Å². The van der Waals surface area contributed by atoms with Crippen LogP contribution in [0.25, 0.3) is 0 Å². The highest BCUT2D eigenvalue weighted by atomic mass is 32.1. The van der Waals surface area contributed by atoms with Crippen molar-refractivity contribution in [1.82, 2.24) is 10.3 Å². The molecule has 0 radical (unpaired) electrons. The van der Waals surface area contributed by atoms with Gasteiger partial charge in [-0.1, -0.05) is 6.42 Å². The van der Waals surface area contributed by atoms with E-state index >= 15 is 0 Å². The molecule has 134 valence electrons. The number of aromatic nitrogens is 1.